The third-order valence-electron chi connectivity index (χ3n) is 1.94. The Kier molecular flexibility index (Phi) is 3.85. The Morgan fingerprint density at radius 1 is 1.33 bits per heavy atom. The molecule has 0 saturated carbocycles. The monoisotopic (exact) mass is 206 g/mol. The van der Waals surface area contributed by atoms with Crippen molar-refractivity contribution < 1.29 is 14.7 Å². The van der Waals surface area contributed by atoms with Crippen molar-refractivity contribution in [3.05, 3.63) is 35.9 Å². The summed E-state index contributed by atoms with van der Waals surface area (Å²) in [6, 6.07) is 8.16. The van der Waals surface area contributed by atoms with Gasteiger partial charge in [0.15, 0.2) is 0 Å². The van der Waals surface area contributed by atoms with Crippen LogP contribution >= 0.6 is 0 Å². The van der Waals surface area contributed by atoms with Gasteiger partial charge in [-0.3, -0.25) is 4.79 Å². The third kappa shape index (κ3) is 3.81. The molecule has 0 fully saturated rings. The molecule has 1 amide bonds. The maximum Gasteiger partial charge on any atom is 0.224 e. The zero-order valence-corrected chi connectivity index (χ0v) is 8.40. The number of hydrogen-bond acceptors (Lipinski definition) is 3. The lowest BCUT2D eigenvalue weighted by Gasteiger charge is -2.14. The van der Waals surface area contributed by atoms with Crippen LogP contribution in [0, 0.1) is 0 Å². The molecule has 0 heterocycles. The Labute approximate surface area is 87.9 Å². The van der Waals surface area contributed by atoms with E-state index in [4.69, 9.17) is 0 Å². The summed E-state index contributed by atoms with van der Waals surface area (Å²) in [5.74, 6) is -1.60. The Bertz CT molecular complexity index is 348. The summed E-state index contributed by atoms with van der Waals surface area (Å²) in [5, 5.41) is 12.7. The van der Waals surface area contributed by atoms with E-state index >= 15 is 0 Å². The highest BCUT2D eigenvalue weighted by Crippen LogP contribution is 1.99. The van der Waals surface area contributed by atoms with Gasteiger partial charge in [0.25, 0.3) is 0 Å². The number of nitrogens with one attached hydrogen (secondary N) is 1. The molecule has 1 rings (SSSR count). The Balaban J connectivity index is 2.47. The zero-order valence-electron chi connectivity index (χ0n) is 8.40. The summed E-state index contributed by atoms with van der Waals surface area (Å²) < 4.78 is 0. The van der Waals surface area contributed by atoms with E-state index in [2.05, 4.69) is 5.32 Å². The molecule has 0 aliphatic carbocycles. The van der Waals surface area contributed by atoms with Gasteiger partial charge in [0, 0.05) is 0 Å². The molecule has 4 nitrogen and oxygen atoms in total. The maximum absolute atomic E-state index is 11.3. The van der Waals surface area contributed by atoms with Crippen LogP contribution in [0.4, 0.5) is 0 Å². The molecular formula is C11H12NO3-. The van der Waals surface area contributed by atoms with Gasteiger partial charge in [-0.05, 0) is 12.5 Å². The highest BCUT2D eigenvalue weighted by molar-refractivity contribution is 5.83. The number of hydrogen-bond donors (Lipinski definition) is 1. The number of carbonyl (C=O) groups excluding carboxylic acids is 2. The van der Waals surface area contributed by atoms with Gasteiger partial charge in [-0.2, -0.15) is 0 Å². The molecule has 0 aliphatic heterocycles. The lowest BCUT2D eigenvalue weighted by Crippen LogP contribution is -2.46. The first-order valence-corrected chi connectivity index (χ1v) is 4.63. The van der Waals surface area contributed by atoms with Crippen molar-refractivity contribution in [3.8, 4) is 0 Å². The minimum absolute atomic E-state index is 0.179. The van der Waals surface area contributed by atoms with Crippen molar-refractivity contribution in [1.82, 2.24) is 5.32 Å². The molecule has 0 aromatic heterocycles. The van der Waals surface area contributed by atoms with E-state index < -0.39 is 12.0 Å². The molecule has 1 aromatic carbocycles. The summed E-state index contributed by atoms with van der Waals surface area (Å²) in [5.41, 5.74) is 0.848. The predicted octanol–water partition coefficient (Wildman–Crippen LogP) is -0.516. The van der Waals surface area contributed by atoms with Gasteiger partial charge >= 0.3 is 0 Å². The second kappa shape index (κ2) is 5.14. The van der Waals surface area contributed by atoms with Crippen molar-refractivity contribution in [2.75, 3.05) is 0 Å². The third-order valence-corrected chi connectivity index (χ3v) is 1.94. The molecule has 0 saturated heterocycles. The first kappa shape index (κ1) is 11.2. The topological polar surface area (TPSA) is 69.2 Å². The minimum Gasteiger partial charge on any atom is -0.548 e. The number of carbonyl (C=O) groups is 2. The normalized spacial score (nSPS) is 11.8. The lowest BCUT2D eigenvalue weighted by molar-refractivity contribution is -0.307. The van der Waals surface area contributed by atoms with Gasteiger partial charge in [-0.25, -0.2) is 0 Å². The van der Waals surface area contributed by atoms with E-state index in [1.807, 2.05) is 30.3 Å². The summed E-state index contributed by atoms with van der Waals surface area (Å²) in [4.78, 5) is 21.7. The van der Waals surface area contributed by atoms with Crippen LogP contribution in [0.25, 0.3) is 0 Å². The second-order valence-electron chi connectivity index (χ2n) is 3.27. The van der Waals surface area contributed by atoms with E-state index in [-0.39, 0.29) is 12.3 Å². The van der Waals surface area contributed by atoms with Gasteiger partial charge in [0.1, 0.15) is 0 Å². The van der Waals surface area contributed by atoms with Crippen LogP contribution in [0.5, 0.6) is 0 Å². The molecule has 1 unspecified atom stereocenters. The largest absolute Gasteiger partial charge is 0.548 e. The zero-order chi connectivity index (χ0) is 11.3. The Morgan fingerprint density at radius 2 is 1.93 bits per heavy atom. The van der Waals surface area contributed by atoms with E-state index in [1.165, 1.54) is 6.92 Å². The smallest absolute Gasteiger partial charge is 0.224 e. The standard InChI is InChI=1S/C11H13NO3/c1-8(11(14)15)12-10(13)7-9-5-3-2-4-6-9/h2-6,8H,7H2,1H3,(H,12,13)(H,14,15)/p-1. The van der Waals surface area contributed by atoms with Gasteiger partial charge in [0.2, 0.25) is 5.91 Å². The van der Waals surface area contributed by atoms with Crippen LogP contribution < -0.4 is 10.4 Å². The summed E-state index contributed by atoms with van der Waals surface area (Å²) in [6.07, 6.45) is 0.179. The number of carboxylic acid groups (broad SMARTS) is 1. The number of rotatable bonds is 4. The molecule has 0 radical (unpaired) electrons. The van der Waals surface area contributed by atoms with E-state index in [9.17, 15) is 14.7 Å². The molecule has 1 aromatic rings. The summed E-state index contributed by atoms with van der Waals surface area (Å²) in [7, 11) is 0. The maximum atomic E-state index is 11.3. The fourth-order valence-corrected chi connectivity index (χ4v) is 1.13. The van der Waals surface area contributed by atoms with E-state index in [0.717, 1.165) is 5.56 Å². The molecule has 1 atom stereocenters. The average molecular weight is 206 g/mol. The fraction of sp³-hybridized carbons (Fsp3) is 0.273. The molecule has 15 heavy (non-hydrogen) atoms. The molecule has 0 bridgehead atoms. The number of amides is 1. The minimum atomic E-state index is -1.28. The van der Waals surface area contributed by atoms with Crippen molar-refractivity contribution in [3.63, 3.8) is 0 Å². The van der Waals surface area contributed by atoms with Gasteiger partial charge in [-0.15, -0.1) is 0 Å². The van der Waals surface area contributed by atoms with Gasteiger partial charge < -0.3 is 15.2 Å². The molecule has 0 spiro atoms. The molecule has 0 aliphatic rings. The SMILES string of the molecule is CC(NC(=O)Cc1ccccc1)C(=O)[O-]. The number of aliphatic carboxylic acids is 1. The van der Waals surface area contributed by atoms with Crippen LogP contribution in [0.2, 0.25) is 0 Å². The Hall–Kier alpha value is -1.84. The summed E-state index contributed by atoms with van der Waals surface area (Å²) >= 11 is 0. The van der Waals surface area contributed by atoms with Crippen molar-refractivity contribution >= 4 is 11.9 Å². The fourth-order valence-electron chi connectivity index (χ4n) is 1.13. The van der Waals surface area contributed by atoms with Crippen LogP contribution in [-0.2, 0) is 16.0 Å². The van der Waals surface area contributed by atoms with Crippen molar-refractivity contribution in [2.45, 2.75) is 19.4 Å². The molecule has 80 valence electrons. The van der Waals surface area contributed by atoms with Crippen LogP contribution in [0.15, 0.2) is 30.3 Å². The average Bonchev–Trinajstić information content (AvgIpc) is 2.18. The number of benzene rings is 1. The quantitative estimate of drug-likeness (QED) is 0.721. The van der Waals surface area contributed by atoms with Crippen LogP contribution in [0.1, 0.15) is 12.5 Å². The molecule has 4 heteroatoms. The van der Waals surface area contributed by atoms with Gasteiger partial charge in [-0.1, -0.05) is 30.3 Å². The van der Waals surface area contributed by atoms with Crippen molar-refractivity contribution in [2.24, 2.45) is 0 Å². The lowest BCUT2D eigenvalue weighted by atomic mass is 10.1. The predicted molar refractivity (Wildman–Crippen MR) is 52.8 cm³/mol. The van der Waals surface area contributed by atoms with Crippen LogP contribution in [0.3, 0.4) is 0 Å². The molecular weight excluding hydrogens is 194 g/mol. The molecule has 1 N–H and O–H groups in total. The second-order valence-corrected chi connectivity index (χ2v) is 3.27. The van der Waals surface area contributed by atoms with E-state index in [0.29, 0.717) is 0 Å². The highest BCUT2D eigenvalue weighted by atomic mass is 16.4. The van der Waals surface area contributed by atoms with E-state index in [1.54, 1.807) is 0 Å². The van der Waals surface area contributed by atoms with Crippen molar-refractivity contribution in [1.29, 1.82) is 0 Å². The summed E-state index contributed by atoms with van der Waals surface area (Å²) in [6.45, 7) is 1.37. The van der Waals surface area contributed by atoms with Gasteiger partial charge in [0.05, 0.1) is 18.4 Å². The first-order chi connectivity index (χ1) is 7.09. The highest BCUT2D eigenvalue weighted by Gasteiger charge is 2.07. The Morgan fingerprint density at radius 3 is 2.47 bits per heavy atom. The number of carboxylic acids is 1. The van der Waals surface area contributed by atoms with Crippen LogP contribution in [-0.4, -0.2) is 17.9 Å². The first-order valence-electron chi connectivity index (χ1n) is 4.63.